The average molecular weight is 352 g/mol. The van der Waals surface area contributed by atoms with E-state index < -0.39 is 15.7 Å². The van der Waals surface area contributed by atoms with Gasteiger partial charge in [-0.15, -0.1) is 0 Å². The predicted octanol–water partition coefficient (Wildman–Crippen LogP) is 0.0782. The van der Waals surface area contributed by atoms with Crippen LogP contribution >= 0.6 is 0 Å². The lowest BCUT2D eigenvalue weighted by Crippen LogP contribution is -2.33. The van der Waals surface area contributed by atoms with E-state index in [1.54, 1.807) is 26.1 Å². The van der Waals surface area contributed by atoms with Crippen molar-refractivity contribution in [2.75, 3.05) is 6.54 Å². The van der Waals surface area contributed by atoms with Crippen LogP contribution in [0.2, 0.25) is 0 Å². The minimum Gasteiger partial charge on any atom is -0.301 e. The van der Waals surface area contributed by atoms with Crippen LogP contribution in [0.3, 0.4) is 0 Å². The second-order valence-electron chi connectivity index (χ2n) is 5.41. The van der Waals surface area contributed by atoms with Crippen LogP contribution < -0.4 is 16.0 Å². The molecule has 0 amide bonds. The van der Waals surface area contributed by atoms with Gasteiger partial charge in [-0.05, 0) is 38.3 Å². The normalized spacial score (nSPS) is 11.6. The zero-order valence-electron chi connectivity index (χ0n) is 13.6. The Labute approximate surface area is 139 Å². The molecule has 0 aliphatic heterocycles. The summed E-state index contributed by atoms with van der Waals surface area (Å²) in [7, 11) is -2.01. The number of rotatable bonds is 7. The van der Waals surface area contributed by atoms with E-state index in [1.165, 1.54) is 16.8 Å². The number of unbranched alkanes of at least 4 members (excludes halogenated alkanes) is 1. The monoisotopic (exact) mass is 352 g/mol. The fraction of sp³-hybridized carbons (Fsp3) is 0.400. The van der Waals surface area contributed by atoms with Gasteiger partial charge in [-0.1, -0.05) is 6.07 Å². The highest BCUT2D eigenvalue weighted by molar-refractivity contribution is 7.89. The molecule has 9 heteroatoms. The van der Waals surface area contributed by atoms with Crippen molar-refractivity contribution in [2.45, 2.75) is 31.2 Å². The highest BCUT2D eigenvalue weighted by Crippen LogP contribution is 2.06. The Morgan fingerprint density at radius 2 is 2.00 bits per heavy atom. The number of aromatic nitrogens is 3. The number of aromatic amines is 1. The van der Waals surface area contributed by atoms with Crippen LogP contribution in [0.5, 0.6) is 0 Å². The Morgan fingerprint density at radius 3 is 2.67 bits per heavy atom. The molecule has 0 spiro atoms. The summed E-state index contributed by atoms with van der Waals surface area (Å²) in [6.45, 7) is 1.97. The maximum Gasteiger partial charge on any atom is 0.328 e. The van der Waals surface area contributed by atoms with Gasteiger partial charge >= 0.3 is 5.69 Å². The van der Waals surface area contributed by atoms with Gasteiger partial charge in [0, 0.05) is 31.0 Å². The first kappa shape index (κ1) is 18.1. The smallest absolute Gasteiger partial charge is 0.301 e. The maximum atomic E-state index is 12.0. The van der Waals surface area contributed by atoms with Crippen molar-refractivity contribution < 1.29 is 8.42 Å². The lowest BCUT2D eigenvalue weighted by Gasteiger charge is -2.09. The van der Waals surface area contributed by atoms with Gasteiger partial charge in [0.15, 0.2) is 5.03 Å². The van der Waals surface area contributed by atoms with Crippen LogP contribution in [0, 0.1) is 6.92 Å². The first-order valence-electron chi connectivity index (χ1n) is 7.52. The van der Waals surface area contributed by atoms with Gasteiger partial charge in [-0.2, -0.15) is 0 Å². The third-order valence-corrected chi connectivity index (χ3v) is 5.17. The molecule has 0 aromatic carbocycles. The molecule has 24 heavy (non-hydrogen) atoms. The molecule has 0 saturated heterocycles. The fourth-order valence-electron chi connectivity index (χ4n) is 2.28. The number of hydrogen-bond acceptors (Lipinski definition) is 5. The molecule has 0 unspecified atom stereocenters. The first-order chi connectivity index (χ1) is 11.3. The number of pyridine rings is 1. The minimum atomic E-state index is -3.61. The Hall–Kier alpha value is -2.26. The van der Waals surface area contributed by atoms with Crippen LogP contribution in [0.15, 0.2) is 39.0 Å². The largest absolute Gasteiger partial charge is 0.328 e. The van der Waals surface area contributed by atoms with E-state index in [0.29, 0.717) is 30.5 Å². The summed E-state index contributed by atoms with van der Waals surface area (Å²) in [5, 5.41) is -0.0182. The predicted molar refractivity (Wildman–Crippen MR) is 89.4 cm³/mol. The van der Waals surface area contributed by atoms with E-state index in [2.05, 4.69) is 14.7 Å². The summed E-state index contributed by atoms with van der Waals surface area (Å²) in [5.74, 6) is 0. The lowest BCUT2D eigenvalue weighted by molar-refractivity contribution is 0.572. The fourth-order valence-corrected chi connectivity index (χ4v) is 3.30. The lowest BCUT2D eigenvalue weighted by atomic mass is 10.1. The molecule has 0 radical (unpaired) electrons. The van der Waals surface area contributed by atoms with Crippen LogP contribution in [-0.2, 0) is 23.5 Å². The molecule has 2 heterocycles. The van der Waals surface area contributed by atoms with E-state index in [9.17, 15) is 18.0 Å². The molecular weight excluding hydrogens is 332 g/mol. The standard InChI is InChI=1S/C15H20N4O4S/c1-11-12(14(20)18-15(21)19(11)2)7-3-6-10-17-24(22,23)13-8-4-5-9-16-13/h4-5,8-9,17H,3,6-7,10H2,1-2H3,(H,18,20,21). The molecule has 0 aliphatic carbocycles. The summed E-state index contributed by atoms with van der Waals surface area (Å²) in [6, 6.07) is 4.68. The van der Waals surface area contributed by atoms with Gasteiger partial charge in [0.1, 0.15) is 0 Å². The summed E-state index contributed by atoms with van der Waals surface area (Å²) in [4.78, 5) is 29.4. The van der Waals surface area contributed by atoms with E-state index in [-0.39, 0.29) is 17.1 Å². The van der Waals surface area contributed by atoms with E-state index in [1.807, 2.05) is 0 Å². The molecule has 2 aromatic rings. The molecule has 130 valence electrons. The molecule has 8 nitrogen and oxygen atoms in total. The number of nitrogens with one attached hydrogen (secondary N) is 2. The molecule has 2 rings (SSSR count). The van der Waals surface area contributed by atoms with Crippen LogP contribution in [0.25, 0.3) is 0 Å². The Bertz CT molecular complexity index is 917. The van der Waals surface area contributed by atoms with Gasteiger partial charge < -0.3 is 4.57 Å². The van der Waals surface area contributed by atoms with Gasteiger partial charge in [-0.3, -0.25) is 9.78 Å². The van der Waals surface area contributed by atoms with Crippen molar-refractivity contribution in [3.8, 4) is 0 Å². The van der Waals surface area contributed by atoms with Gasteiger partial charge in [0.2, 0.25) is 0 Å². The number of hydrogen-bond donors (Lipinski definition) is 2. The zero-order valence-corrected chi connectivity index (χ0v) is 14.4. The molecule has 0 saturated carbocycles. The summed E-state index contributed by atoms with van der Waals surface area (Å²) >= 11 is 0. The van der Waals surface area contributed by atoms with Gasteiger partial charge in [0.25, 0.3) is 15.6 Å². The minimum absolute atomic E-state index is 0.0182. The van der Waals surface area contributed by atoms with Crippen molar-refractivity contribution in [3.05, 3.63) is 56.5 Å². The third-order valence-electron chi connectivity index (χ3n) is 3.80. The Kier molecular flexibility index (Phi) is 5.68. The quantitative estimate of drug-likeness (QED) is 0.685. The maximum absolute atomic E-state index is 12.0. The molecule has 0 atom stereocenters. The Balaban J connectivity index is 1.90. The Morgan fingerprint density at radius 1 is 1.25 bits per heavy atom. The van der Waals surface area contributed by atoms with Crippen LogP contribution in [0.1, 0.15) is 24.1 Å². The summed E-state index contributed by atoms with van der Waals surface area (Å²) in [6.07, 6.45) is 3.07. The van der Waals surface area contributed by atoms with Gasteiger partial charge in [-0.25, -0.2) is 22.9 Å². The molecule has 2 N–H and O–H groups in total. The van der Waals surface area contributed by atoms with Crippen molar-refractivity contribution in [1.82, 2.24) is 19.3 Å². The van der Waals surface area contributed by atoms with Crippen molar-refractivity contribution >= 4 is 10.0 Å². The van der Waals surface area contributed by atoms with Crippen LogP contribution in [-0.4, -0.2) is 29.5 Å². The van der Waals surface area contributed by atoms with Crippen molar-refractivity contribution in [1.29, 1.82) is 0 Å². The first-order valence-corrected chi connectivity index (χ1v) is 9.01. The van der Waals surface area contributed by atoms with Crippen LogP contribution in [0.4, 0.5) is 0 Å². The SMILES string of the molecule is Cc1c(CCCCNS(=O)(=O)c2ccccn2)c(=O)[nH]c(=O)n1C. The highest BCUT2D eigenvalue weighted by Gasteiger charge is 2.14. The zero-order chi connectivity index (χ0) is 17.7. The summed E-state index contributed by atoms with van der Waals surface area (Å²) in [5.41, 5.74) is 0.344. The van der Waals surface area contributed by atoms with Crippen molar-refractivity contribution in [3.63, 3.8) is 0 Å². The average Bonchev–Trinajstić information content (AvgIpc) is 2.56. The number of nitrogens with zero attached hydrogens (tertiary/aromatic N) is 2. The number of sulfonamides is 1. The van der Waals surface area contributed by atoms with E-state index in [0.717, 1.165) is 0 Å². The van der Waals surface area contributed by atoms with Gasteiger partial charge in [0.05, 0.1) is 0 Å². The number of H-pyrrole nitrogens is 1. The third kappa shape index (κ3) is 4.18. The van der Waals surface area contributed by atoms with E-state index >= 15 is 0 Å². The second-order valence-corrected chi connectivity index (χ2v) is 7.12. The molecule has 0 bridgehead atoms. The topological polar surface area (TPSA) is 114 Å². The highest BCUT2D eigenvalue weighted by atomic mass is 32.2. The second kappa shape index (κ2) is 7.54. The summed E-state index contributed by atoms with van der Waals surface area (Å²) < 4.78 is 27.8. The molecular formula is C15H20N4O4S. The molecule has 0 aliphatic rings. The van der Waals surface area contributed by atoms with Crippen molar-refractivity contribution in [2.24, 2.45) is 7.05 Å². The molecule has 2 aromatic heterocycles. The van der Waals surface area contributed by atoms with E-state index in [4.69, 9.17) is 0 Å². The molecule has 0 fully saturated rings.